The molecule has 1 aromatic carbocycles. The van der Waals surface area contributed by atoms with Crippen LogP contribution in [0.2, 0.25) is 0 Å². The Bertz CT molecular complexity index is 1870. The number of carbonyl (C=O) groups excluding carboxylic acids is 4. The van der Waals surface area contributed by atoms with E-state index in [1.807, 2.05) is 0 Å². The Kier molecular flexibility index (Phi) is 13.3. The van der Waals surface area contributed by atoms with Gasteiger partial charge in [-0.15, -0.1) is 0 Å². The Balaban J connectivity index is 0.00000182. The Morgan fingerprint density at radius 3 is 2.06 bits per heavy atom. The molecule has 12 atom stereocenters. The van der Waals surface area contributed by atoms with Gasteiger partial charge >= 0.3 is 12.1 Å². The predicted molar refractivity (Wildman–Crippen MR) is 248 cm³/mol. The topological polar surface area (TPSA) is 102 Å². The lowest BCUT2D eigenvalue weighted by Crippen LogP contribution is -2.68. The molecule has 0 N–H and O–H groups in total. The Morgan fingerprint density at radius 1 is 0.703 bits per heavy atom. The van der Waals surface area contributed by atoms with Gasteiger partial charge in [0.2, 0.25) is 5.91 Å². The van der Waals surface area contributed by atoms with Gasteiger partial charge in [0.05, 0.1) is 31.2 Å². The van der Waals surface area contributed by atoms with Crippen molar-refractivity contribution in [1.29, 1.82) is 0 Å². The van der Waals surface area contributed by atoms with Crippen LogP contribution in [0.4, 0.5) is 0 Å². The summed E-state index contributed by atoms with van der Waals surface area (Å²) in [5.41, 5.74) is 2.19. The zero-order chi connectivity index (χ0) is 45.9. The molecule has 0 unspecified atom stereocenters. The van der Waals surface area contributed by atoms with E-state index >= 15 is 4.79 Å². The van der Waals surface area contributed by atoms with E-state index in [2.05, 4.69) is 95.5 Å². The fourth-order valence-corrected chi connectivity index (χ4v) is 17.3. The van der Waals surface area contributed by atoms with Crippen LogP contribution in [0.5, 0.6) is 0 Å². The molecule has 9 heteroatoms. The first-order chi connectivity index (χ1) is 30.4. The number of rotatable bonds is 12. The summed E-state index contributed by atoms with van der Waals surface area (Å²) in [6.45, 7) is 26.8. The van der Waals surface area contributed by atoms with Gasteiger partial charge < -0.3 is 19.1 Å². The second-order valence-electron chi connectivity index (χ2n) is 24.8. The molecule has 8 fully saturated rings. The second kappa shape index (κ2) is 17.8. The molecular formula is C55H84N2O7. The second-order valence-corrected chi connectivity index (χ2v) is 24.8. The van der Waals surface area contributed by atoms with Gasteiger partial charge in [0.1, 0.15) is 6.10 Å². The summed E-state index contributed by atoms with van der Waals surface area (Å²) in [6.07, 6.45) is 16.7. The van der Waals surface area contributed by atoms with Crippen molar-refractivity contribution in [1.82, 2.24) is 9.80 Å². The molecule has 0 spiro atoms. The lowest BCUT2D eigenvalue weighted by molar-refractivity contribution is -0.253. The van der Waals surface area contributed by atoms with Crippen LogP contribution < -0.4 is 0 Å². The van der Waals surface area contributed by atoms with Crippen molar-refractivity contribution in [3.63, 3.8) is 0 Å². The minimum Gasteiger partial charge on any atom is -0.462 e. The van der Waals surface area contributed by atoms with Gasteiger partial charge in [-0.3, -0.25) is 14.5 Å². The largest absolute Gasteiger partial charge is 0.462 e. The summed E-state index contributed by atoms with van der Waals surface area (Å²) in [5, 5.41) is 0. The number of fused-ring (bicyclic) bond motifs is 7. The number of hydrogen-bond acceptors (Lipinski definition) is 8. The van der Waals surface area contributed by atoms with Crippen molar-refractivity contribution < 1.29 is 33.4 Å². The van der Waals surface area contributed by atoms with Gasteiger partial charge in [-0.1, -0.05) is 85.7 Å². The van der Waals surface area contributed by atoms with Crippen LogP contribution in [-0.2, 0) is 39.8 Å². The maximum absolute atomic E-state index is 15.3. The average Bonchev–Trinajstić information content (AvgIpc) is 3.88. The Morgan fingerprint density at radius 2 is 1.41 bits per heavy atom. The van der Waals surface area contributed by atoms with E-state index in [0.717, 1.165) is 77.9 Å². The number of benzene rings is 1. The molecule has 8 aliphatic rings. The van der Waals surface area contributed by atoms with E-state index < -0.39 is 0 Å². The highest BCUT2D eigenvalue weighted by Crippen LogP contribution is 2.79. The molecule has 0 aromatic heterocycles. The number of carbonyl (C=O) groups is 2. The third-order valence-electron chi connectivity index (χ3n) is 21.7. The number of methoxy groups -OCH3 is 1. The summed E-state index contributed by atoms with van der Waals surface area (Å²) in [7, 11) is 1.72. The predicted octanol–water partition coefficient (Wildman–Crippen LogP) is 9.91. The number of ether oxygens (including phenoxy) is 3. The highest BCUT2D eigenvalue weighted by Gasteiger charge is 2.74. The molecule has 1 saturated heterocycles. The van der Waals surface area contributed by atoms with E-state index in [1.54, 1.807) is 7.11 Å². The molecule has 0 bridgehead atoms. The van der Waals surface area contributed by atoms with Gasteiger partial charge in [-0.2, -0.15) is 9.59 Å². The van der Waals surface area contributed by atoms with E-state index in [0.29, 0.717) is 60.0 Å². The molecule has 7 aliphatic carbocycles. The van der Waals surface area contributed by atoms with Crippen molar-refractivity contribution in [3.05, 3.63) is 35.9 Å². The summed E-state index contributed by atoms with van der Waals surface area (Å²) in [5.74, 6) is 4.08. The van der Waals surface area contributed by atoms with E-state index in [1.165, 1.54) is 56.9 Å². The highest BCUT2D eigenvalue weighted by atomic mass is 16.5. The Labute approximate surface area is 386 Å². The molecule has 9 rings (SSSR count). The van der Waals surface area contributed by atoms with E-state index in [-0.39, 0.29) is 56.6 Å². The van der Waals surface area contributed by atoms with Crippen LogP contribution in [0, 0.1) is 79.3 Å². The molecule has 1 aliphatic heterocycles. The van der Waals surface area contributed by atoms with Gasteiger partial charge in [0.25, 0.3) is 0 Å². The third-order valence-corrected chi connectivity index (χ3v) is 21.7. The van der Waals surface area contributed by atoms with E-state index in [4.69, 9.17) is 23.8 Å². The first-order valence-electron chi connectivity index (χ1n) is 25.7. The summed E-state index contributed by atoms with van der Waals surface area (Å²) >= 11 is 0. The minimum atomic E-state index is -0.184. The molecule has 9 nitrogen and oxygen atoms in total. The molecule has 0 radical (unpaired) electrons. The van der Waals surface area contributed by atoms with Crippen LogP contribution in [0.1, 0.15) is 144 Å². The maximum Gasteiger partial charge on any atom is 0.373 e. The molecule has 1 amide bonds. The molecule has 1 heterocycles. The van der Waals surface area contributed by atoms with E-state index in [9.17, 15) is 4.79 Å². The number of hydrogen-bond donors (Lipinski definition) is 0. The smallest absolute Gasteiger partial charge is 0.373 e. The van der Waals surface area contributed by atoms with Gasteiger partial charge in [0, 0.05) is 45.2 Å². The highest BCUT2D eigenvalue weighted by molar-refractivity contribution is 5.84. The monoisotopic (exact) mass is 885 g/mol. The summed E-state index contributed by atoms with van der Waals surface area (Å²) < 4.78 is 17.7. The number of nitrogens with zero attached hydrogens (tertiary/aromatic N) is 2. The molecule has 356 valence electrons. The number of amides is 1. The van der Waals surface area contributed by atoms with Crippen LogP contribution in [-0.4, -0.2) is 93.6 Å². The van der Waals surface area contributed by atoms with Crippen LogP contribution in [0.15, 0.2) is 30.3 Å². The van der Waals surface area contributed by atoms with Gasteiger partial charge in [-0.25, -0.2) is 0 Å². The molecule has 1 aromatic rings. The molecular weight excluding hydrogens is 801 g/mol. The first-order valence-corrected chi connectivity index (χ1v) is 25.7. The minimum absolute atomic E-state index is 0.0149. The zero-order valence-corrected chi connectivity index (χ0v) is 41.3. The summed E-state index contributed by atoms with van der Waals surface area (Å²) in [6, 6.07) is 10.8. The standard InChI is InChI=1S/C54H84N2O5.CO2/c1-48(2)38(35-37-13-11-10-12-14-37)36-41(48)46(57)61-44-19-20-51(6)42(49(44,3)4)18-21-53(8)43(51)16-15-40-45-39(50(5)23-24-50)17-22-54(45,26-25-52(40,53)7)47(58)56-29-27-55(28-30-56)31-32-60-34-33-59-9;2-1-3/h10-14,38-45H,15-36H2,1-9H3;/t38-,39-,40-,41-,42+,43-,44+,45-,51+,52-,53-,54+;/m1./s1. The van der Waals surface area contributed by atoms with Gasteiger partial charge in [0.15, 0.2) is 0 Å². The lowest BCUT2D eigenvalue weighted by Gasteiger charge is -2.73. The van der Waals surface area contributed by atoms with Crippen molar-refractivity contribution in [3.8, 4) is 0 Å². The first kappa shape index (κ1) is 47.9. The molecule has 64 heavy (non-hydrogen) atoms. The third kappa shape index (κ3) is 7.88. The number of piperazine rings is 1. The number of esters is 1. The lowest BCUT2D eigenvalue weighted by atomic mass is 9.32. The van der Waals surface area contributed by atoms with Crippen LogP contribution >= 0.6 is 0 Å². The SMILES string of the molecule is COCCOCCN1CCN(C(=O)[C@]23CC[C@@H](C4(C)CC4)[C@@H]2[C@H]2CC[C@@H]4[C@@]5(C)CC[C@H](OC(=O)[C@H]6C[C@@H](Cc7ccccc7)C6(C)C)C(C)(C)[C@@H]5CC[C@@]4(C)[C@]2(C)CC3)CC1.O=C=O. The quantitative estimate of drug-likeness (QED) is 0.151. The van der Waals surface area contributed by atoms with Gasteiger partial charge in [-0.05, 0) is 158 Å². The van der Waals surface area contributed by atoms with Crippen molar-refractivity contribution in [2.75, 3.05) is 59.7 Å². The summed E-state index contributed by atoms with van der Waals surface area (Å²) in [4.78, 5) is 50.4. The fraction of sp³-hybridized carbons (Fsp3) is 0.836. The van der Waals surface area contributed by atoms with Crippen LogP contribution in [0.3, 0.4) is 0 Å². The zero-order valence-electron chi connectivity index (χ0n) is 41.3. The average molecular weight is 885 g/mol. The van der Waals surface area contributed by atoms with Crippen molar-refractivity contribution >= 4 is 18.0 Å². The Hall–Kier alpha value is -2.58. The maximum atomic E-state index is 15.3. The van der Waals surface area contributed by atoms with Crippen molar-refractivity contribution in [2.24, 2.45) is 79.3 Å². The fourth-order valence-electron chi connectivity index (χ4n) is 17.3. The van der Waals surface area contributed by atoms with Crippen molar-refractivity contribution in [2.45, 2.75) is 151 Å². The molecule has 7 saturated carbocycles. The normalized spacial score (nSPS) is 41.3. The van der Waals surface area contributed by atoms with Crippen LogP contribution in [0.25, 0.3) is 0 Å².